The Morgan fingerprint density at radius 2 is 1.43 bits per heavy atom. The predicted molar refractivity (Wildman–Crippen MR) is 117 cm³/mol. The summed E-state index contributed by atoms with van der Waals surface area (Å²) >= 11 is 0. The van der Waals surface area contributed by atoms with Gasteiger partial charge in [0, 0.05) is 44.0 Å². The monoisotopic (exact) mass is 495 g/mol. The first-order valence-electron chi connectivity index (χ1n) is 11.1. The fourth-order valence-electron chi connectivity index (χ4n) is 3.28. The molecule has 1 aliphatic carbocycles. The molecule has 0 bridgehead atoms. The van der Waals surface area contributed by atoms with Crippen molar-refractivity contribution in [1.29, 1.82) is 0 Å². The maximum atomic E-state index is 14.0. The van der Waals surface area contributed by atoms with Crippen molar-refractivity contribution in [2.24, 2.45) is 5.92 Å². The van der Waals surface area contributed by atoms with Crippen LogP contribution in [-0.2, 0) is 28.8 Å². The summed E-state index contributed by atoms with van der Waals surface area (Å²) in [5, 5.41) is 9.17. The van der Waals surface area contributed by atoms with Gasteiger partial charge in [0.1, 0.15) is 0 Å². The Bertz CT molecular complexity index is 938. The summed E-state index contributed by atoms with van der Waals surface area (Å²) in [6.07, 6.45) is 3.54. The van der Waals surface area contributed by atoms with Crippen LogP contribution in [0.15, 0.2) is 12.2 Å². The summed E-state index contributed by atoms with van der Waals surface area (Å²) < 4.78 is 28.1. The molecule has 0 spiro atoms. The summed E-state index contributed by atoms with van der Waals surface area (Å²) in [7, 11) is 0. The van der Waals surface area contributed by atoms with E-state index in [2.05, 4.69) is 27.2 Å². The zero-order valence-electron chi connectivity index (χ0n) is 19.0. The van der Waals surface area contributed by atoms with Crippen molar-refractivity contribution in [3.8, 4) is 11.8 Å². The van der Waals surface area contributed by atoms with Gasteiger partial charge in [0.25, 0.3) is 11.8 Å². The van der Waals surface area contributed by atoms with Crippen molar-refractivity contribution in [1.82, 2.24) is 26.2 Å². The first-order valence-corrected chi connectivity index (χ1v) is 11.1. The van der Waals surface area contributed by atoms with Crippen molar-refractivity contribution in [3.63, 3.8) is 0 Å². The van der Waals surface area contributed by atoms with Crippen LogP contribution in [0.25, 0.3) is 0 Å². The van der Waals surface area contributed by atoms with E-state index in [9.17, 15) is 37.5 Å². The standard InChI is InChI=1S/C22H27F2N5O6/c23-22(24)8-4-2-1-3-5-15(22)11-16(30)26-13-18(32)28-14-19(33)27-12-17(31)25-9-10-29-20(34)6-7-21(29)35/h6-7,15H,1-3,5,9-14H2,(H,25,31)(H,26,30)(H,27,33)(H,28,32). The number of carbonyl (C=O) groups excluding carboxylic acids is 6. The fourth-order valence-corrected chi connectivity index (χ4v) is 3.28. The molecule has 11 nitrogen and oxygen atoms in total. The second kappa shape index (κ2) is 13.2. The van der Waals surface area contributed by atoms with Crippen LogP contribution in [0.4, 0.5) is 8.78 Å². The lowest BCUT2D eigenvalue weighted by Gasteiger charge is -2.23. The lowest BCUT2D eigenvalue weighted by atomic mass is 9.89. The average Bonchev–Trinajstić information content (AvgIpc) is 3.12. The molecule has 0 saturated carbocycles. The summed E-state index contributed by atoms with van der Waals surface area (Å²) in [5.41, 5.74) is 0. The first kappa shape index (κ1) is 27.4. The van der Waals surface area contributed by atoms with Gasteiger partial charge in [-0.25, -0.2) is 0 Å². The van der Waals surface area contributed by atoms with E-state index in [0.717, 1.165) is 17.1 Å². The molecule has 0 fully saturated rings. The molecule has 0 radical (unpaired) electrons. The highest BCUT2D eigenvalue weighted by molar-refractivity contribution is 6.12. The second-order valence-electron chi connectivity index (χ2n) is 7.91. The smallest absolute Gasteiger partial charge is 0.311 e. The zero-order chi connectivity index (χ0) is 25.8. The second-order valence-corrected chi connectivity index (χ2v) is 7.91. The number of imide groups is 1. The number of hydrogen-bond donors (Lipinski definition) is 4. The number of halogens is 2. The van der Waals surface area contributed by atoms with E-state index in [-0.39, 0.29) is 19.5 Å². The highest BCUT2D eigenvalue weighted by Gasteiger charge is 2.39. The largest absolute Gasteiger partial charge is 0.353 e. The highest BCUT2D eigenvalue weighted by atomic mass is 19.3. The van der Waals surface area contributed by atoms with E-state index in [1.54, 1.807) is 0 Å². The molecule has 1 unspecified atom stereocenters. The Morgan fingerprint density at radius 1 is 0.886 bits per heavy atom. The topological polar surface area (TPSA) is 154 Å². The van der Waals surface area contributed by atoms with E-state index in [1.165, 1.54) is 0 Å². The van der Waals surface area contributed by atoms with Gasteiger partial charge < -0.3 is 21.3 Å². The average molecular weight is 495 g/mol. The molecular formula is C22H27F2N5O6. The van der Waals surface area contributed by atoms with E-state index >= 15 is 0 Å². The van der Waals surface area contributed by atoms with Crippen molar-refractivity contribution in [2.45, 2.75) is 38.0 Å². The normalized spacial score (nSPS) is 18.6. The van der Waals surface area contributed by atoms with E-state index < -0.39 is 73.3 Å². The number of carbonyl (C=O) groups is 6. The van der Waals surface area contributed by atoms with Crippen LogP contribution in [-0.4, -0.2) is 79.0 Å². The molecular weight excluding hydrogens is 468 g/mol. The molecule has 0 aromatic carbocycles. The number of nitrogens with one attached hydrogen (secondary N) is 4. The van der Waals surface area contributed by atoms with Gasteiger partial charge in [-0.1, -0.05) is 12.3 Å². The Kier molecular flexibility index (Phi) is 10.3. The van der Waals surface area contributed by atoms with Gasteiger partial charge in [-0.3, -0.25) is 33.7 Å². The van der Waals surface area contributed by atoms with Crippen LogP contribution in [0, 0.1) is 17.8 Å². The number of alkyl halides is 2. The Balaban J connectivity index is 1.58. The zero-order valence-corrected chi connectivity index (χ0v) is 19.0. The molecule has 6 amide bonds. The summed E-state index contributed by atoms with van der Waals surface area (Å²) in [5.74, 6) is -3.81. The molecule has 1 heterocycles. The maximum Gasteiger partial charge on any atom is 0.311 e. The molecule has 13 heteroatoms. The van der Waals surface area contributed by atoms with E-state index in [1.807, 2.05) is 5.92 Å². The SMILES string of the molecule is O=C(CNC(=O)CNC(=O)CNC(=O)CC1CCCCC#CC1(F)F)NCCN1C(=O)C=CC1=O. The van der Waals surface area contributed by atoms with Gasteiger partial charge in [0.05, 0.1) is 19.6 Å². The minimum absolute atomic E-state index is 0.00363. The first-order chi connectivity index (χ1) is 16.6. The predicted octanol–water partition coefficient (Wildman–Crippen LogP) is -1.40. The number of rotatable bonds is 11. The molecule has 1 atom stereocenters. The third-order valence-corrected chi connectivity index (χ3v) is 5.20. The molecule has 2 rings (SSSR count). The molecule has 190 valence electrons. The van der Waals surface area contributed by atoms with Crippen LogP contribution >= 0.6 is 0 Å². The Hall–Kier alpha value is -3.82. The van der Waals surface area contributed by atoms with Gasteiger partial charge in [-0.2, -0.15) is 8.78 Å². The quantitative estimate of drug-likeness (QED) is 0.204. The lowest BCUT2D eigenvalue weighted by Crippen LogP contribution is -2.45. The van der Waals surface area contributed by atoms with Crippen LogP contribution in [0.1, 0.15) is 32.1 Å². The summed E-state index contributed by atoms with van der Waals surface area (Å²) in [4.78, 5) is 71.0. The lowest BCUT2D eigenvalue weighted by molar-refractivity contribution is -0.137. The molecule has 35 heavy (non-hydrogen) atoms. The van der Waals surface area contributed by atoms with Gasteiger partial charge in [-0.15, -0.1) is 0 Å². The highest BCUT2D eigenvalue weighted by Crippen LogP contribution is 2.32. The van der Waals surface area contributed by atoms with Gasteiger partial charge in [-0.05, 0) is 18.8 Å². The summed E-state index contributed by atoms with van der Waals surface area (Å²) in [6, 6.07) is 0. The number of hydrogen-bond acceptors (Lipinski definition) is 6. The Morgan fingerprint density at radius 3 is 2.03 bits per heavy atom. The van der Waals surface area contributed by atoms with Crippen LogP contribution in [0.5, 0.6) is 0 Å². The van der Waals surface area contributed by atoms with Crippen LogP contribution in [0.3, 0.4) is 0 Å². The molecule has 2 aliphatic rings. The van der Waals surface area contributed by atoms with E-state index in [0.29, 0.717) is 19.3 Å². The molecule has 1 aliphatic heterocycles. The molecule has 4 N–H and O–H groups in total. The minimum Gasteiger partial charge on any atom is -0.353 e. The van der Waals surface area contributed by atoms with Gasteiger partial charge in [0.15, 0.2) is 0 Å². The molecule has 0 aromatic heterocycles. The van der Waals surface area contributed by atoms with E-state index in [4.69, 9.17) is 0 Å². The number of nitrogens with zero attached hydrogens (tertiary/aromatic N) is 1. The molecule has 0 aromatic rings. The number of amides is 6. The maximum absolute atomic E-state index is 14.0. The fraction of sp³-hybridized carbons (Fsp3) is 0.545. The minimum atomic E-state index is -3.27. The third-order valence-electron chi connectivity index (χ3n) is 5.20. The molecule has 0 saturated heterocycles. The van der Waals surface area contributed by atoms with Crippen molar-refractivity contribution in [3.05, 3.63) is 12.2 Å². The van der Waals surface area contributed by atoms with Gasteiger partial charge >= 0.3 is 5.92 Å². The van der Waals surface area contributed by atoms with Crippen molar-refractivity contribution >= 4 is 35.4 Å². The Labute approximate surface area is 200 Å². The van der Waals surface area contributed by atoms with Gasteiger partial charge in [0.2, 0.25) is 23.6 Å². The van der Waals surface area contributed by atoms with Crippen LogP contribution in [0.2, 0.25) is 0 Å². The third kappa shape index (κ3) is 9.52. The van der Waals surface area contributed by atoms with Crippen LogP contribution < -0.4 is 21.3 Å². The summed E-state index contributed by atoms with van der Waals surface area (Å²) in [6.45, 7) is -1.38. The van der Waals surface area contributed by atoms with Crippen molar-refractivity contribution < 1.29 is 37.5 Å². The van der Waals surface area contributed by atoms with Crippen molar-refractivity contribution in [2.75, 3.05) is 32.7 Å².